The fourth-order valence-electron chi connectivity index (χ4n) is 2.32. The van der Waals surface area contributed by atoms with Crippen LogP contribution >= 0.6 is 0 Å². The molecule has 1 fully saturated rings. The monoisotopic (exact) mass is 220 g/mol. The van der Waals surface area contributed by atoms with Gasteiger partial charge in [0.05, 0.1) is 6.04 Å². The van der Waals surface area contributed by atoms with E-state index in [2.05, 4.69) is 0 Å². The minimum Gasteiger partial charge on any atom is -0.465 e. The molecule has 0 aromatic heterocycles. The fourth-order valence-corrected chi connectivity index (χ4v) is 2.32. The van der Waals surface area contributed by atoms with E-state index in [1.807, 2.05) is 30.3 Å². The van der Waals surface area contributed by atoms with Gasteiger partial charge < -0.3 is 10.8 Å². The van der Waals surface area contributed by atoms with Crippen LogP contribution in [0.15, 0.2) is 30.3 Å². The number of nitrogens with zero attached hydrogens (tertiary/aromatic N) is 1. The largest absolute Gasteiger partial charge is 0.465 e. The van der Waals surface area contributed by atoms with Gasteiger partial charge in [0.1, 0.15) is 0 Å². The maximum Gasteiger partial charge on any atom is 0.407 e. The van der Waals surface area contributed by atoms with Gasteiger partial charge >= 0.3 is 6.09 Å². The Kier molecular flexibility index (Phi) is 3.10. The number of rotatable bonds is 1. The maximum atomic E-state index is 11.2. The molecule has 16 heavy (non-hydrogen) atoms. The van der Waals surface area contributed by atoms with Crippen molar-refractivity contribution < 1.29 is 9.90 Å². The highest BCUT2D eigenvalue weighted by Crippen LogP contribution is 2.29. The van der Waals surface area contributed by atoms with Gasteiger partial charge in [-0.15, -0.1) is 0 Å². The molecule has 0 bridgehead atoms. The van der Waals surface area contributed by atoms with E-state index in [0.717, 1.165) is 18.4 Å². The Hall–Kier alpha value is -1.55. The summed E-state index contributed by atoms with van der Waals surface area (Å²) >= 11 is 0. The van der Waals surface area contributed by atoms with Crippen LogP contribution in [0.3, 0.4) is 0 Å². The molecule has 1 saturated heterocycles. The van der Waals surface area contributed by atoms with Gasteiger partial charge in [0.25, 0.3) is 0 Å². The quantitative estimate of drug-likeness (QED) is 0.758. The van der Waals surface area contributed by atoms with E-state index in [-0.39, 0.29) is 12.1 Å². The predicted octanol–water partition coefficient (Wildman–Crippen LogP) is 1.83. The second kappa shape index (κ2) is 4.53. The van der Waals surface area contributed by atoms with Crippen molar-refractivity contribution >= 4 is 6.09 Å². The second-order valence-electron chi connectivity index (χ2n) is 4.14. The van der Waals surface area contributed by atoms with E-state index in [4.69, 9.17) is 10.8 Å². The molecule has 4 heteroatoms. The van der Waals surface area contributed by atoms with Gasteiger partial charge in [-0.1, -0.05) is 30.3 Å². The van der Waals surface area contributed by atoms with E-state index in [9.17, 15) is 4.79 Å². The molecule has 2 atom stereocenters. The lowest BCUT2D eigenvalue weighted by atomic mass is 9.91. The normalized spacial score (nSPS) is 25.4. The molecule has 0 radical (unpaired) electrons. The molecule has 2 rings (SSSR count). The summed E-state index contributed by atoms with van der Waals surface area (Å²) in [6.07, 6.45) is 0.837. The molecule has 0 spiro atoms. The number of amides is 1. The summed E-state index contributed by atoms with van der Waals surface area (Å²) < 4.78 is 0. The molecule has 1 aliphatic rings. The van der Waals surface area contributed by atoms with E-state index in [1.54, 1.807) is 0 Å². The summed E-state index contributed by atoms with van der Waals surface area (Å²) in [4.78, 5) is 12.6. The average molecular weight is 220 g/mol. The predicted molar refractivity (Wildman–Crippen MR) is 61.1 cm³/mol. The minimum atomic E-state index is -0.885. The zero-order valence-electron chi connectivity index (χ0n) is 9.04. The number of nitrogens with two attached hydrogens (primary N) is 1. The Bertz CT molecular complexity index is 367. The highest BCUT2D eigenvalue weighted by atomic mass is 16.4. The third-order valence-corrected chi connectivity index (χ3v) is 3.06. The number of piperidine rings is 1. The summed E-state index contributed by atoms with van der Waals surface area (Å²) in [5.41, 5.74) is 7.02. The molecule has 4 nitrogen and oxygen atoms in total. The number of hydrogen-bond acceptors (Lipinski definition) is 2. The SMILES string of the molecule is N[C@H]1CCCN(C(=O)O)[C@H]1c1ccccc1. The van der Waals surface area contributed by atoms with Crippen LogP contribution in [0.25, 0.3) is 0 Å². The first kappa shape index (κ1) is 11.0. The maximum absolute atomic E-state index is 11.2. The topological polar surface area (TPSA) is 66.6 Å². The van der Waals surface area contributed by atoms with Crippen LogP contribution < -0.4 is 5.73 Å². The van der Waals surface area contributed by atoms with E-state index >= 15 is 0 Å². The van der Waals surface area contributed by atoms with Gasteiger partial charge in [-0.05, 0) is 18.4 Å². The van der Waals surface area contributed by atoms with Crippen LogP contribution in [0.5, 0.6) is 0 Å². The van der Waals surface area contributed by atoms with Gasteiger partial charge in [0, 0.05) is 12.6 Å². The van der Waals surface area contributed by atoms with Gasteiger partial charge in [0.2, 0.25) is 0 Å². The van der Waals surface area contributed by atoms with Crippen molar-refractivity contribution in [2.24, 2.45) is 5.73 Å². The van der Waals surface area contributed by atoms with Gasteiger partial charge in [0.15, 0.2) is 0 Å². The number of carbonyl (C=O) groups is 1. The molecule has 1 heterocycles. The van der Waals surface area contributed by atoms with Crippen LogP contribution in [-0.4, -0.2) is 28.7 Å². The number of benzene rings is 1. The van der Waals surface area contributed by atoms with E-state index < -0.39 is 6.09 Å². The van der Waals surface area contributed by atoms with Crippen LogP contribution in [-0.2, 0) is 0 Å². The lowest BCUT2D eigenvalue weighted by Crippen LogP contribution is -2.48. The van der Waals surface area contributed by atoms with Crippen LogP contribution in [0.4, 0.5) is 4.79 Å². The molecule has 1 aromatic carbocycles. The van der Waals surface area contributed by atoms with Gasteiger partial charge in [-0.3, -0.25) is 4.90 Å². The van der Waals surface area contributed by atoms with Gasteiger partial charge in [-0.25, -0.2) is 4.79 Å². The molecule has 3 N–H and O–H groups in total. The van der Waals surface area contributed by atoms with Crippen molar-refractivity contribution in [2.75, 3.05) is 6.54 Å². The van der Waals surface area contributed by atoms with Crippen molar-refractivity contribution in [2.45, 2.75) is 24.9 Å². The molecular formula is C12H16N2O2. The molecule has 0 unspecified atom stereocenters. The summed E-state index contributed by atoms with van der Waals surface area (Å²) in [5.74, 6) is 0. The first-order valence-corrected chi connectivity index (χ1v) is 5.50. The summed E-state index contributed by atoms with van der Waals surface area (Å²) in [5, 5.41) is 9.16. The van der Waals surface area contributed by atoms with Gasteiger partial charge in [-0.2, -0.15) is 0 Å². The van der Waals surface area contributed by atoms with Crippen molar-refractivity contribution in [3.05, 3.63) is 35.9 Å². The van der Waals surface area contributed by atoms with E-state index in [0.29, 0.717) is 6.54 Å². The van der Waals surface area contributed by atoms with E-state index in [1.165, 1.54) is 4.90 Å². The van der Waals surface area contributed by atoms with Crippen molar-refractivity contribution in [3.63, 3.8) is 0 Å². The molecule has 1 aliphatic heterocycles. The molecule has 0 saturated carbocycles. The Balaban J connectivity index is 2.30. The third-order valence-electron chi connectivity index (χ3n) is 3.06. The zero-order chi connectivity index (χ0) is 11.5. The smallest absolute Gasteiger partial charge is 0.407 e. The summed E-state index contributed by atoms with van der Waals surface area (Å²) in [6, 6.07) is 9.31. The summed E-state index contributed by atoms with van der Waals surface area (Å²) in [7, 11) is 0. The Morgan fingerprint density at radius 1 is 1.38 bits per heavy atom. The van der Waals surface area contributed by atoms with Crippen LogP contribution in [0, 0.1) is 0 Å². The Morgan fingerprint density at radius 3 is 2.69 bits per heavy atom. The highest BCUT2D eigenvalue weighted by Gasteiger charge is 2.33. The zero-order valence-corrected chi connectivity index (χ0v) is 9.04. The molecule has 1 aromatic rings. The Labute approximate surface area is 94.7 Å². The lowest BCUT2D eigenvalue weighted by Gasteiger charge is -2.38. The number of carboxylic acid groups (broad SMARTS) is 1. The highest BCUT2D eigenvalue weighted by molar-refractivity contribution is 5.66. The molecular weight excluding hydrogens is 204 g/mol. The second-order valence-corrected chi connectivity index (χ2v) is 4.14. The minimum absolute atomic E-state index is 0.104. The van der Waals surface area contributed by atoms with Crippen molar-refractivity contribution in [1.29, 1.82) is 0 Å². The average Bonchev–Trinajstić information content (AvgIpc) is 2.29. The van der Waals surface area contributed by atoms with Crippen molar-refractivity contribution in [1.82, 2.24) is 4.90 Å². The fraction of sp³-hybridized carbons (Fsp3) is 0.417. The molecule has 1 amide bonds. The first-order valence-electron chi connectivity index (χ1n) is 5.50. The van der Waals surface area contributed by atoms with Crippen LogP contribution in [0.1, 0.15) is 24.4 Å². The number of hydrogen-bond donors (Lipinski definition) is 2. The summed E-state index contributed by atoms with van der Waals surface area (Å²) in [6.45, 7) is 0.572. The standard InChI is InChI=1S/C12H16N2O2/c13-10-7-4-8-14(12(15)16)11(10)9-5-2-1-3-6-9/h1-3,5-6,10-11H,4,7-8,13H2,(H,15,16)/t10-,11-/m0/s1. The lowest BCUT2D eigenvalue weighted by molar-refractivity contribution is 0.0974. The molecule has 86 valence electrons. The van der Waals surface area contributed by atoms with Crippen molar-refractivity contribution in [3.8, 4) is 0 Å². The number of likely N-dealkylation sites (tertiary alicyclic amines) is 1. The van der Waals surface area contributed by atoms with Crippen LogP contribution in [0.2, 0.25) is 0 Å². The third kappa shape index (κ3) is 2.02. The Morgan fingerprint density at radius 2 is 2.06 bits per heavy atom. The molecule has 0 aliphatic carbocycles. The first-order chi connectivity index (χ1) is 7.70.